The summed E-state index contributed by atoms with van der Waals surface area (Å²) < 4.78 is 10.4. The molecule has 7 heteroatoms. The monoisotopic (exact) mass is 402 g/mol. The summed E-state index contributed by atoms with van der Waals surface area (Å²) >= 11 is 6.07. The van der Waals surface area contributed by atoms with Crippen LogP contribution in [0.5, 0.6) is 0 Å². The predicted molar refractivity (Wildman–Crippen MR) is 108 cm³/mol. The van der Waals surface area contributed by atoms with Crippen molar-refractivity contribution < 1.29 is 19.1 Å². The molecule has 1 fully saturated rings. The van der Waals surface area contributed by atoms with E-state index >= 15 is 0 Å². The summed E-state index contributed by atoms with van der Waals surface area (Å²) in [4.78, 5) is 26.9. The summed E-state index contributed by atoms with van der Waals surface area (Å²) in [7, 11) is 0. The molecule has 6 nitrogen and oxygen atoms in total. The van der Waals surface area contributed by atoms with Gasteiger partial charge in [0, 0.05) is 30.9 Å². The molecule has 3 rings (SSSR count). The van der Waals surface area contributed by atoms with Gasteiger partial charge in [0.2, 0.25) is 0 Å². The van der Waals surface area contributed by atoms with Gasteiger partial charge in [0.05, 0.1) is 30.4 Å². The number of halogens is 1. The fraction of sp³-hybridized carbons (Fsp3) is 0.333. The lowest BCUT2D eigenvalue weighted by atomic mass is 10.1. The van der Waals surface area contributed by atoms with Crippen LogP contribution < -0.4 is 5.32 Å². The molecule has 2 aromatic carbocycles. The molecule has 1 amide bonds. The number of anilines is 1. The second kappa shape index (κ2) is 9.68. The molecule has 1 N–H and O–H groups in total. The molecule has 28 heavy (non-hydrogen) atoms. The van der Waals surface area contributed by atoms with E-state index in [0.29, 0.717) is 11.3 Å². The van der Waals surface area contributed by atoms with Gasteiger partial charge in [-0.2, -0.15) is 0 Å². The van der Waals surface area contributed by atoms with Gasteiger partial charge in [0.15, 0.2) is 0 Å². The number of morpholine rings is 1. The van der Waals surface area contributed by atoms with E-state index in [0.717, 1.165) is 38.4 Å². The molecule has 0 unspecified atom stereocenters. The normalized spacial score (nSPS) is 14.5. The van der Waals surface area contributed by atoms with Gasteiger partial charge in [-0.25, -0.2) is 4.79 Å². The molecule has 1 aliphatic heterocycles. The van der Waals surface area contributed by atoms with Crippen LogP contribution in [0.1, 0.15) is 33.2 Å². The first-order valence-corrected chi connectivity index (χ1v) is 9.61. The van der Waals surface area contributed by atoms with Gasteiger partial charge in [-0.15, -0.1) is 0 Å². The van der Waals surface area contributed by atoms with Gasteiger partial charge in [-0.05, 0) is 42.8 Å². The van der Waals surface area contributed by atoms with Gasteiger partial charge in [-0.1, -0.05) is 23.7 Å². The predicted octanol–water partition coefficient (Wildman–Crippen LogP) is 3.60. The number of carbonyl (C=O) groups excluding carboxylic acids is 2. The Morgan fingerprint density at radius 1 is 1.18 bits per heavy atom. The molecule has 0 bridgehead atoms. The van der Waals surface area contributed by atoms with Crippen LogP contribution >= 0.6 is 11.6 Å². The number of esters is 1. The molecule has 0 spiro atoms. The molecule has 0 atom stereocenters. The summed E-state index contributed by atoms with van der Waals surface area (Å²) in [5.74, 6) is -0.767. The minimum Gasteiger partial charge on any atom is -0.462 e. The lowest BCUT2D eigenvalue weighted by Gasteiger charge is -2.26. The maximum Gasteiger partial charge on any atom is 0.339 e. The number of nitrogens with one attached hydrogen (secondary N) is 1. The number of hydrogen-bond acceptors (Lipinski definition) is 5. The number of amides is 1. The largest absolute Gasteiger partial charge is 0.462 e. The summed E-state index contributed by atoms with van der Waals surface area (Å²) in [6.07, 6.45) is 0. The van der Waals surface area contributed by atoms with Crippen LogP contribution in [0.4, 0.5) is 5.69 Å². The SMILES string of the molecule is CCOC(=O)c1cc(NC(=O)c2cccc(CN3CCOCC3)c2)ccc1Cl. The van der Waals surface area contributed by atoms with Crippen LogP contribution in [-0.4, -0.2) is 49.7 Å². The van der Waals surface area contributed by atoms with Gasteiger partial charge in [0.25, 0.3) is 5.91 Å². The minimum atomic E-state index is -0.517. The fourth-order valence-corrected chi connectivity index (χ4v) is 3.19. The van der Waals surface area contributed by atoms with E-state index in [1.165, 1.54) is 6.07 Å². The quantitative estimate of drug-likeness (QED) is 0.748. The number of nitrogens with zero attached hydrogens (tertiary/aromatic N) is 1. The third-order valence-electron chi connectivity index (χ3n) is 4.42. The highest BCUT2D eigenvalue weighted by Gasteiger charge is 2.15. The Kier molecular flexibility index (Phi) is 7.03. The van der Waals surface area contributed by atoms with E-state index in [-0.39, 0.29) is 23.1 Å². The average Bonchev–Trinajstić information content (AvgIpc) is 2.70. The zero-order valence-electron chi connectivity index (χ0n) is 15.7. The molecular formula is C21H23ClN2O4. The molecule has 0 saturated carbocycles. The molecule has 0 aromatic heterocycles. The minimum absolute atomic E-state index is 0.224. The average molecular weight is 403 g/mol. The van der Waals surface area contributed by atoms with Crippen molar-refractivity contribution in [2.75, 3.05) is 38.2 Å². The third-order valence-corrected chi connectivity index (χ3v) is 4.75. The third kappa shape index (κ3) is 5.32. The first kappa shape index (κ1) is 20.3. The molecule has 1 aliphatic rings. The summed E-state index contributed by atoms with van der Waals surface area (Å²) in [5, 5.41) is 3.10. The lowest BCUT2D eigenvalue weighted by molar-refractivity contribution is 0.0342. The van der Waals surface area contributed by atoms with Gasteiger partial charge >= 0.3 is 5.97 Å². The number of carbonyl (C=O) groups is 2. The number of hydrogen-bond donors (Lipinski definition) is 1. The van der Waals surface area contributed by atoms with Crippen LogP contribution in [0.15, 0.2) is 42.5 Å². The Balaban J connectivity index is 1.70. The number of benzene rings is 2. The summed E-state index contributed by atoms with van der Waals surface area (Å²) in [5.41, 5.74) is 2.33. The maximum absolute atomic E-state index is 12.7. The zero-order valence-corrected chi connectivity index (χ0v) is 16.5. The smallest absolute Gasteiger partial charge is 0.339 e. The van der Waals surface area contributed by atoms with Crippen LogP contribution in [0.2, 0.25) is 5.02 Å². The van der Waals surface area contributed by atoms with E-state index in [2.05, 4.69) is 10.2 Å². The van der Waals surface area contributed by atoms with E-state index < -0.39 is 5.97 Å². The Labute approximate surface area is 169 Å². The van der Waals surface area contributed by atoms with Crippen LogP contribution in [0.3, 0.4) is 0 Å². The fourth-order valence-electron chi connectivity index (χ4n) is 3.00. The molecule has 1 saturated heterocycles. The van der Waals surface area contributed by atoms with Crippen molar-refractivity contribution in [1.29, 1.82) is 0 Å². The van der Waals surface area contributed by atoms with Crippen LogP contribution in [0.25, 0.3) is 0 Å². The van der Waals surface area contributed by atoms with E-state index in [9.17, 15) is 9.59 Å². The Morgan fingerprint density at radius 2 is 1.96 bits per heavy atom. The van der Waals surface area contributed by atoms with Crippen LogP contribution in [-0.2, 0) is 16.0 Å². The van der Waals surface area contributed by atoms with E-state index in [1.54, 1.807) is 25.1 Å². The molecule has 0 radical (unpaired) electrons. The van der Waals surface area contributed by atoms with Crippen molar-refractivity contribution in [1.82, 2.24) is 4.90 Å². The van der Waals surface area contributed by atoms with Gasteiger partial charge in [0.1, 0.15) is 0 Å². The van der Waals surface area contributed by atoms with Crippen molar-refractivity contribution in [2.45, 2.75) is 13.5 Å². The first-order valence-electron chi connectivity index (χ1n) is 9.24. The molecule has 0 aliphatic carbocycles. The summed E-state index contributed by atoms with van der Waals surface area (Å²) in [6, 6.07) is 12.3. The van der Waals surface area contributed by atoms with Crippen molar-refractivity contribution in [3.05, 3.63) is 64.2 Å². The zero-order chi connectivity index (χ0) is 19.9. The van der Waals surface area contributed by atoms with E-state index in [1.807, 2.05) is 18.2 Å². The highest BCUT2D eigenvalue weighted by atomic mass is 35.5. The summed E-state index contributed by atoms with van der Waals surface area (Å²) in [6.45, 7) is 6.00. The Hall–Kier alpha value is -2.41. The van der Waals surface area contributed by atoms with Crippen molar-refractivity contribution >= 4 is 29.2 Å². The highest BCUT2D eigenvalue weighted by molar-refractivity contribution is 6.33. The number of ether oxygens (including phenoxy) is 2. The van der Waals surface area contributed by atoms with Crippen molar-refractivity contribution in [3.8, 4) is 0 Å². The Bertz CT molecular complexity index is 850. The van der Waals surface area contributed by atoms with Crippen molar-refractivity contribution in [2.24, 2.45) is 0 Å². The number of rotatable bonds is 6. The van der Waals surface area contributed by atoms with E-state index in [4.69, 9.17) is 21.1 Å². The maximum atomic E-state index is 12.7. The van der Waals surface area contributed by atoms with Crippen LogP contribution in [0, 0.1) is 0 Å². The second-order valence-electron chi connectivity index (χ2n) is 6.46. The second-order valence-corrected chi connectivity index (χ2v) is 6.87. The highest BCUT2D eigenvalue weighted by Crippen LogP contribution is 2.22. The van der Waals surface area contributed by atoms with Gasteiger partial charge < -0.3 is 14.8 Å². The molecule has 148 valence electrons. The topological polar surface area (TPSA) is 67.9 Å². The molecule has 1 heterocycles. The standard InChI is InChI=1S/C21H23ClN2O4/c1-2-28-21(26)18-13-17(6-7-19(18)22)23-20(25)16-5-3-4-15(12-16)14-24-8-10-27-11-9-24/h3-7,12-13H,2,8-11,14H2,1H3,(H,23,25). The lowest BCUT2D eigenvalue weighted by Crippen LogP contribution is -2.35. The Morgan fingerprint density at radius 3 is 2.71 bits per heavy atom. The molecule has 2 aromatic rings. The first-order chi connectivity index (χ1) is 13.6. The van der Waals surface area contributed by atoms with Crippen molar-refractivity contribution in [3.63, 3.8) is 0 Å². The molecular weight excluding hydrogens is 380 g/mol. The van der Waals surface area contributed by atoms with Gasteiger partial charge in [-0.3, -0.25) is 9.69 Å².